The van der Waals surface area contributed by atoms with Crippen LogP contribution < -0.4 is 28.9 Å². The lowest BCUT2D eigenvalue weighted by Gasteiger charge is -2.26. The van der Waals surface area contributed by atoms with Gasteiger partial charge in [-0.2, -0.15) is 0 Å². The van der Waals surface area contributed by atoms with Crippen molar-refractivity contribution in [2.45, 2.75) is 19.3 Å². The maximum atomic E-state index is 13.9. The normalized spacial score (nSPS) is 13.7. The molecule has 0 saturated carbocycles. The average molecular weight is 946 g/mol. The van der Waals surface area contributed by atoms with Crippen molar-refractivity contribution in [3.63, 3.8) is 0 Å². The summed E-state index contributed by atoms with van der Waals surface area (Å²) < 4.78 is 17.6. The number of rotatable bonds is 10. The molecule has 0 bridgehead atoms. The smallest absolute Gasteiger partial charge is 0.266 e. The summed E-state index contributed by atoms with van der Waals surface area (Å²) in [4.78, 5) is 84.8. The Kier molecular flexibility index (Phi) is 10.9. The first-order valence-corrected chi connectivity index (χ1v) is 22.8. The minimum atomic E-state index is -0.578. The number of carbonyl (C=O) groups excluding carboxylic acids is 6. The molecule has 0 fully saturated rings. The second-order valence-electron chi connectivity index (χ2n) is 17.7. The third-order valence-corrected chi connectivity index (χ3v) is 13.0. The molecule has 8 aromatic carbocycles. The van der Waals surface area contributed by atoms with E-state index in [1.54, 1.807) is 98.1 Å². The van der Waals surface area contributed by atoms with Gasteiger partial charge < -0.3 is 14.2 Å². The number of fused-ring (bicyclic) bond motifs is 3. The monoisotopic (exact) mass is 945 g/mol. The van der Waals surface area contributed by atoms with Crippen molar-refractivity contribution >= 4 is 52.5 Å². The van der Waals surface area contributed by atoms with Crippen molar-refractivity contribution < 1.29 is 43.0 Å². The summed E-state index contributed by atoms with van der Waals surface area (Å²) in [5, 5.41) is 0. The van der Waals surface area contributed by atoms with Crippen LogP contribution in [0.4, 0.5) is 17.1 Å². The van der Waals surface area contributed by atoms with Crippen molar-refractivity contribution in [1.82, 2.24) is 0 Å². The van der Waals surface area contributed by atoms with Crippen LogP contribution in [-0.2, 0) is 5.41 Å². The molecule has 0 radical (unpaired) electrons. The SMILES string of the molecule is COc1ccc(N2C(=O)c3ccc(Oc4ccc(C(C)(C)c5ccc(Oc6ccc7c(c6)C(=O)N(c6cccc(N8C(=O)c9ccc(C#Cc%10ccccc%10)cc9C8=O)c6)C7=O)cc5)cc4)cc3C2=O)cc1. The maximum absolute atomic E-state index is 13.9. The molecule has 0 aliphatic carbocycles. The molecule has 3 aliphatic heterocycles. The summed E-state index contributed by atoms with van der Waals surface area (Å²) in [5.41, 5.74) is 5.14. The fourth-order valence-electron chi connectivity index (χ4n) is 9.08. The van der Waals surface area contributed by atoms with Gasteiger partial charge in [0, 0.05) is 16.5 Å². The summed E-state index contributed by atoms with van der Waals surface area (Å²) in [6.45, 7) is 4.19. The van der Waals surface area contributed by atoms with E-state index in [1.807, 2.05) is 78.9 Å². The number of methoxy groups -OCH3 is 1. The van der Waals surface area contributed by atoms with Crippen LogP contribution in [-0.4, -0.2) is 42.6 Å². The summed E-state index contributed by atoms with van der Waals surface area (Å²) in [6.07, 6.45) is 0. The highest BCUT2D eigenvalue weighted by atomic mass is 16.5. The fourth-order valence-corrected chi connectivity index (χ4v) is 9.08. The number of hydrogen-bond acceptors (Lipinski definition) is 9. The summed E-state index contributed by atoms with van der Waals surface area (Å²) in [7, 11) is 1.55. The molecular weight excluding hydrogens is 907 g/mol. The molecule has 348 valence electrons. The van der Waals surface area contributed by atoms with Gasteiger partial charge in [-0.25, -0.2) is 14.7 Å². The third-order valence-electron chi connectivity index (χ3n) is 13.0. The molecule has 72 heavy (non-hydrogen) atoms. The van der Waals surface area contributed by atoms with Crippen molar-refractivity contribution in [2.24, 2.45) is 0 Å². The lowest BCUT2D eigenvalue weighted by atomic mass is 9.78. The van der Waals surface area contributed by atoms with Crippen LogP contribution in [0.2, 0.25) is 0 Å². The standard InChI is InChI=1S/C60H39N3O9/c1-60(2,38-15-21-44(22-16-38)71-46-27-30-49-52(34-46)58(68)61(54(49)64)40-19-25-43(70-3)26-20-40)39-17-23-45(24-18-39)72-47-28-31-50-53(35-47)59(69)63(56(50)66)42-11-7-10-41(33-42)62-55(65)48-29-14-37(32-51(48)57(62)67)13-12-36-8-5-4-6-9-36/h4-11,14-35H,1-3H3. The molecule has 0 spiro atoms. The Hall–Kier alpha value is -9.86. The van der Waals surface area contributed by atoms with E-state index >= 15 is 0 Å². The first-order chi connectivity index (χ1) is 34.9. The molecule has 0 aromatic heterocycles. The number of imide groups is 3. The molecule has 11 rings (SSSR count). The van der Waals surface area contributed by atoms with E-state index in [2.05, 4.69) is 25.7 Å². The summed E-state index contributed by atoms with van der Waals surface area (Å²) in [5.74, 6) is 5.53. The predicted molar refractivity (Wildman–Crippen MR) is 270 cm³/mol. The van der Waals surface area contributed by atoms with Gasteiger partial charge in [0.1, 0.15) is 28.7 Å². The van der Waals surface area contributed by atoms with Gasteiger partial charge >= 0.3 is 0 Å². The van der Waals surface area contributed by atoms with Crippen LogP contribution in [0, 0.1) is 11.8 Å². The van der Waals surface area contributed by atoms with Crippen LogP contribution >= 0.6 is 0 Å². The van der Waals surface area contributed by atoms with E-state index in [0.29, 0.717) is 45.6 Å². The Balaban J connectivity index is 0.741. The predicted octanol–water partition coefficient (Wildman–Crippen LogP) is 11.4. The quantitative estimate of drug-likeness (QED) is 0.0968. The largest absolute Gasteiger partial charge is 0.497 e. The van der Waals surface area contributed by atoms with Crippen LogP contribution in [0.25, 0.3) is 0 Å². The number of amides is 6. The zero-order valence-corrected chi connectivity index (χ0v) is 38.8. The highest BCUT2D eigenvalue weighted by Gasteiger charge is 2.41. The summed E-state index contributed by atoms with van der Waals surface area (Å²) in [6, 6.07) is 52.0. The second-order valence-corrected chi connectivity index (χ2v) is 17.7. The molecule has 8 aromatic rings. The van der Waals surface area contributed by atoms with E-state index in [0.717, 1.165) is 31.4 Å². The van der Waals surface area contributed by atoms with E-state index in [9.17, 15) is 28.8 Å². The molecule has 0 atom stereocenters. The third kappa shape index (κ3) is 7.81. The number of anilines is 3. The zero-order valence-electron chi connectivity index (χ0n) is 38.8. The van der Waals surface area contributed by atoms with Crippen molar-refractivity contribution in [3.05, 3.63) is 238 Å². The lowest BCUT2D eigenvalue weighted by Crippen LogP contribution is -2.31. The first-order valence-electron chi connectivity index (χ1n) is 22.8. The molecule has 0 saturated heterocycles. The highest BCUT2D eigenvalue weighted by molar-refractivity contribution is 6.37. The van der Waals surface area contributed by atoms with Crippen LogP contribution in [0.1, 0.15) is 98.2 Å². The van der Waals surface area contributed by atoms with Crippen molar-refractivity contribution in [3.8, 4) is 40.6 Å². The molecule has 12 heteroatoms. The molecule has 0 N–H and O–H groups in total. The Bertz CT molecular complexity index is 3670. The van der Waals surface area contributed by atoms with Crippen LogP contribution in [0.3, 0.4) is 0 Å². The van der Waals surface area contributed by atoms with Gasteiger partial charge in [-0.05, 0) is 145 Å². The highest BCUT2D eigenvalue weighted by Crippen LogP contribution is 2.39. The number of hydrogen-bond donors (Lipinski definition) is 0. The van der Waals surface area contributed by atoms with Crippen LogP contribution in [0.5, 0.6) is 28.7 Å². The minimum Gasteiger partial charge on any atom is -0.497 e. The van der Waals surface area contributed by atoms with Gasteiger partial charge in [0.15, 0.2) is 0 Å². The van der Waals surface area contributed by atoms with E-state index < -0.39 is 40.9 Å². The molecule has 6 amide bonds. The van der Waals surface area contributed by atoms with Gasteiger partial charge in [0.2, 0.25) is 0 Å². The lowest BCUT2D eigenvalue weighted by molar-refractivity contribution is 0.0909. The molecule has 3 heterocycles. The zero-order chi connectivity index (χ0) is 49.8. The molecule has 12 nitrogen and oxygen atoms in total. The summed E-state index contributed by atoms with van der Waals surface area (Å²) >= 11 is 0. The van der Waals surface area contributed by atoms with Gasteiger partial charge in [-0.15, -0.1) is 0 Å². The molecule has 3 aliphatic rings. The van der Waals surface area contributed by atoms with Crippen LogP contribution in [0.15, 0.2) is 182 Å². The topological polar surface area (TPSA) is 140 Å². The molecular formula is C60H39N3O9. The Morgan fingerprint density at radius 1 is 0.347 bits per heavy atom. The Morgan fingerprint density at radius 3 is 1.24 bits per heavy atom. The minimum absolute atomic E-state index is 0.147. The van der Waals surface area contributed by atoms with Crippen molar-refractivity contribution in [1.29, 1.82) is 0 Å². The van der Waals surface area contributed by atoms with Gasteiger partial charge in [0.25, 0.3) is 35.4 Å². The Morgan fingerprint density at radius 2 is 0.750 bits per heavy atom. The first kappa shape index (κ1) is 44.6. The maximum Gasteiger partial charge on any atom is 0.266 e. The van der Waals surface area contributed by atoms with E-state index in [-0.39, 0.29) is 39.2 Å². The average Bonchev–Trinajstić information content (AvgIpc) is 3.92. The van der Waals surface area contributed by atoms with E-state index in [1.165, 1.54) is 12.1 Å². The number of carbonyl (C=O) groups is 6. The van der Waals surface area contributed by atoms with Crippen molar-refractivity contribution in [2.75, 3.05) is 21.8 Å². The fraction of sp³-hybridized carbons (Fsp3) is 0.0667. The number of ether oxygens (including phenoxy) is 3. The second kappa shape index (κ2) is 17.6. The van der Waals surface area contributed by atoms with E-state index in [4.69, 9.17) is 14.2 Å². The Labute approximate surface area is 413 Å². The number of benzene rings is 8. The van der Waals surface area contributed by atoms with Gasteiger partial charge in [0.05, 0.1) is 57.6 Å². The van der Waals surface area contributed by atoms with Gasteiger partial charge in [-0.1, -0.05) is 74.2 Å². The number of nitrogens with zero attached hydrogens (tertiary/aromatic N) is 3. The molecule has 0 unspecified atom stereocenters. The van der Waals surface area contributed by atoms with Gasteiger partial charge in [-0.3, -0.25) is 28.8 Å².